The van der Waals surface area contributed by atoms with E-state index in [-0.39, 0.29) is 11.8 Å². The summed E-state index contributed by atoms with van der Waals surface area (Å²) in [6, 6.07) is 3.26. The molecular weight excluding hydrogens is 234 g/mol. The smallest absolute Gasteiger partial charge is 0.162 e. The quantitative estimate of drug-likeness (QED) is 0.840. The molecule has 4 heteroatoms. The van der Waals surface area contributed by atoms with Gasteiger partial charge >= 0.3 is 0 Å². The third-order valence-corrected chi connectivity index (χ3v) is 2.24. The summed E-state index contributed by atoms with van der Waals surface area (Å²) in [5.41, 5.74) is 6.34. The molecule has 0 amide bonds. The van der Waals surface area contributed by atoms with Gasteiger partial charge in [0.15, 0.2) is 11.5 Å². The molecule has 1 aromatic carbocycles. The molecule has 0 aliphatic carbocycles. The average molecular weight is 246 g/mol. The number of hydrogen-bond donors (Lipinski definition) is 2. The van der Waals surface area contributed by atoms with Crippen molar-refractivity contribution in [1.29, 1.82) is 0 Å². The maximum Gasteiger partial charge on any atom is 0.162 e. The van der Waals surface area contributed by atoms with Gasteiger partial charge in [0.2, 0.25) is 0 Å². The van der Waals surface area contributed by atoms with Crippen LogP contribution in [0.5, 0.6) is 11.5 Å². The van der Waals surface area contributed by atoms with Gasteiger partial charge in [-0.05, 0) is 19.1 Å². The molecule has 0 fully saturated rings. The van der Waals surface area contributed by atoms with Gasteiger partial charge in [-0.25, -0.2) is 0 Å². The molecule has 0 radical (unpaired) electrons. The fourth-order valence-corrected chi connectivity index (χ4v) is 1.55. The van der Waals surface area contributed by atoms with Crippen molar-refractivity contribution < 1.29 is 9.84 Å². The molecular formula is C9H12BrNO2. The predicted octanol–water partition coefficient (Wildman–Crippen LogP) is 2.18. The predicted molar refractivity (Wildman–Crippen MR) is 55.0 cm³/mol. The summed E-state index contributed by atoms with van der Waals surface area (Å²) in [5.74, 6) is 0.544. The van der Waals surface area contributed by atoms with Gasteiger partial charge in [-0.1, -0.05) is 15.9 Å². The number of phenols is 1. The normalized spacial score (nSPS) is 12.6. The van der Waals surface area contributed by atoms with Gasteiger partial charge in [0.1, 0.15) is 0 Å². The first-order valence-corrected chi connectivity index (χ1v) is 4.67. The van der Waals surface area contributed by atoms with Crippen molar-refractivity contribution in [3.8, 4) is 11.5 Å². The molecule has 0 aromatic heterocycles. The van der Waals surface area contributed by atoms with Gasteiger partial charge in [0, 0.05) is 16.1 Å². The van der Waals surface area contributed by atoms with Crippen LogP contribution < -0.4 is 10.5 Å². The van der Waals surface area contributed by atoms with Crippen molar-refractivity contribution in [2.24, 2.45) is 5.73 Å². The van der Waals surface area contributed by atoms with Gasteiger partial charge in [0.05, 0.1) is 7.11 Å². The maximum atomic E-state index is 9.66. The van der Waals surface area contributed by atoms with E-state index in [4.69, 9.17) is 10.5 Å². The third-order valence-electron chi connectivity index (χ3n) is 1.78. The number of phenolic OH excluding ortho intramolecular Hbond substituents is 1. The topological polar surface area (TPSA) is 55.5 Å². The highest BCUT2D eigenvalue weighted by atomic mass is 79.9. The van der Waals surface area contributed by atoms with E-state index in [1.165, 1.54) is 7.11 Å². The first-order valence-electron chi connectivity index (χ1n) is 3.88. The Morgan fingerprint density at radius 2 is 2.15 bits per heavy atom. The first-order chi connectivity index (χ1) is 6.06. The van der Waals surface area contributed by atoms with Crippen LogP contribution in [0.25, 0.3) is 0 Å². The van der Waals surface area contributed by atoms with E-state index in [1.54, 1.807) is 19.1 Å². The number of halogens is 1. The Hall–Kier alpha value is -0.740. The number of methoxy groups -OCH3 is 1. The Balaban J connectivity index is 3.27. The molecule has 0 bridgehead atoms. The molecule has 13 heavy (non-hydrogen) atoms. The van der Waals surface area contributed by atoms with Crippen LogP contribution in [0.15, 0.2) is 16.6 Å². The Bertz CT molecular complexity index is 313. The second-order valence-electron chi connectivity index (χ2n) is 2.83. The fourth-order valence-electron chi connectivity index (χ4n) is 1.10. The number of hydrogen-bond acceptors (Lipinski definition) is 3. The zero-order chi connectivity index (χ0) is 10.0. The minimum atomic E-state index is -0.216. The number of nitrogens with two attached hydrogens (primary N) is 1. The molecule has 72 valence electrons. The van der Waals surface area contributed by atoms with Crippen LogP contribution in [-0.4, -0.2) is 12.2 Å². The van der Waals surface area contributed by atoms with Crippen molar-refractivity contribution >= 4 is 15.9 Å². The number of aromatic hydroxyl groups is 1. The molecule has 1 aromatic rings. The van der Waals surface area contributed by atoms with E-state index in [0.717, 1.165) is 4.47 Å². The standard InChI is InChI=1S/C9H12BrNO2/c1-5(11)7-3-6(10)4-8(13-2)9(7)12/h3-5,12H,11H2,1-2H3/t5-/m0/s1. The van der Waals surface area contributed by atoms with Crippen LogP contribution in [0.1, 0.15) is 18.5 Å². The van der Waals surface area contributed by atoms with Crippen LogP contribution in [0, 0.1) is 0 Å². The highest BCUT2D eigenvalue weighted by molar-refractivity contribution is 9.10. The van der Waals surface area contributed by atoms with Gasteiger partial charge in [0.25, 0.3) is 0 Å². The van der Waals surface area contributed by atoms with Crippen LogP contribution >= 0.6 is 15.9 Å². The molecule has 1 atom stereocenters. The molecule has 0 aliphatic heterocycles. The summed E-state index contributed by atoms with van der Waals surface area (Å²) < 4.78 is 5.82. The third kappa shape index (κ3) is 2.14. The van der Waals surface area contributed by atoms with Crippen molar-refractivity contribution in [3.63, 3.8) is 0 Å². The summed E-state index contributed by atoms with van der Waals surface area (Å²) in [4.78, 5) is 0. The van der Waals surface area contributed by atoms with Crippen LogP contribution in [0.2, 0.25) is 0 Å². The highest BCUT2D eigenvalue weighted by Crippen LogP contribution is 2.35. The van der Waals surface area contributed by atoms with E-state index < -0.39 is 0 Å². The maximum absolute atomic E-state index is 9.66. The van der Waals surface area contributed by atoms with Gasteiger partial charge < -0.3 is 15.6 Å². The van der Waals surface area contributed by atoms with E-state index >= 15 is 0 Å². The zero-order valence-electron chi connectivity index (χ0n) is 7.54. The van der Waals surface area contributed by atoms with Crippen molar-refractivity contribution in [3.05, 3.63) is 22.2 Å². The largest absolute Gasteiger partial charge is 0.504 e. The Kier molecular flexibility index (Phi) is 3.17. The van der Waals surface area contributed by atoms with Crippen molar-refractivity contribution in [2.75, 3.05) is 7.11 Å². The first kappa shape index (κ1) is 10.3. The molecule has 0 aliphatic rings. The zero-order valence-corrected chi connectivity index (χ0v) is 9.13. The van der Waals surface area contributed by atoms with Gasteiger partial charge in [-0.15, -0.1) is 0 Å². The average Bonchev–Trinajstić information content (AvgIpc) is 2.08. The summed E-state index contributed by atoms with van der Waals surface area (Å²) in [7, 11) is 1.51. The lowest BCUT2D eigenvalue weighted by molar-refractivity contribution is 0.369. The SMILES string of the molecule is COc1cc(Br)cc([C@H](C)N)c1O. The summed E-state index contributed by atoms with van der Waals surface area (Å²) in [5, 5.41) is 9.66. The van der Waals surface area contributed by atoms with Crippen LogP contribution in [-0.2, 0) is 0 Å². The Labute approximate surface area is 85.6 Å². The Morgan fingerprint density at radius 3 is 2.62 bits per heavy atom. The second-order valence-corrected chi connectivity index (χ2v) is 3.75. The van der Waals surface area contributed by atoms with Crippen LogP contribution in [0.4, 0.5) is 0 Å². The molecule has 0 saturated carbocycles. The monoisotopic (exact) mass is 245 g/mol. The molecule has 0 heterocycles. The van der Waals surface area contributed by atoms with E-state index in [9.17, 15) is 5.11 Å². The van der Waals surface area contributed by atoms with E-state index in [1.807, 2.05) is 0 Å². The molecule has 0 saturated heterocycles. The molecule has 3 N–H and O–H groups in total. The lowest BCUT2D eigenvalue weighted by atomic mass is 10.1. The molecule has 3 nitrogen and oxygen atoms in total. The number of ether oxygens (including phenoxy) is 1. The highest BCUT2D eigenvalue weighted by Gasteiger charge is 2.12. The molecule has 1 rings (SSSR count). The summed E-state index contributed by atoms with van der Waals surface area (Å²) >= 11 is 3.31. The molecule has 0 spiro atoms. The number of benzene rings is 1. The van der Waals surface area contributed by atoms with Gasteiger partial charge in [-0.2, -0.15) is 0 Å². The summed E-state index contributed by atoms with van der Waals surface area (Å²) in [6.45, 7) is 1.81. The minimum Gasteiger partial charge on any atom is -0.504 e. The lowest BCUT2D eigenvalue weighted by Crippen LogP contribution is -2.05. The summed E-state index contributed by atoms with van der Waals surface area (Å²) in [6.07, 6.45) is 0. The van der Waals surface area contributed by atoms with E-state index in [2.05, 4.69) is 15.9 Å². The van der Waals surface area contributed by atoms with Crippen LogP contribution in [0.3, 0.4) is 0 Å². The lowest BCUT2D eigenvalue weighted by Gasteiger charge is -2.12. The van der Waals surface area contributed by atoms with Gasteiger partial charge in [-0.3, -0.25) is 0 Å². The van der Waals surface area contributed by atoms with Crippen molar-refractivity contribution in [2.45, 2.75) is 13.0 Å². The minimum absolute atomic E-state index is 0.112. The number of rotatable bonds is 2. The molecule has 0 unspecified atom stereocenters. The Morgan fingerprint density at radius 1 is 1.54 bits per heavy atom. The second kappa shape index (κ2) is 3.98. The van der Waals surface area contributed by atoms with E-state index in [0.29, 0.717) is 11.3 Å². The fraction of sp³-hybridized carbons (Fsp3) is 0.333. The van der Waals surface area contributed by atoms with Crippen molar-refractivity contribution in [1.82, 2.24) is 0 Å².